The van der Waals surface area contributed by atoms with Gasteiger partial charge in [-0.1, -0.05) is 36.9 Å². The van der Waals surface area contributed by atoms with Crippen molar-refractivity contribution in [2.24, 2.45) is 0 Å². The predicted octanol–water partition coefficient (Wildman–Crippen LogP) is 3.21. The minimum atomic E-state index is -1.44. The number of benzene rings is 2. The molecule has 8 nitrogen and oxygen atoms in total. The SMILES string of the molecule is C=C(C(=O)OC)C(O)c1cn(-c2ccccc2)nc1-c1ccccc1[N+](=O)[O-]. The van der Waals surface area contributed by atoms with Gasteiger partial charge in [0.15, 0.2) is 0 Å². The number of esters is 1. The largest absolute Gasteiger partial charge is 0.466 e. The van der Waals surface area contributed by atoms with E-state index in [1.807, 2.05) is 18.2 Å². The van der Waals surface area contributed by atoms with Crippen LogP contribution in [0.15, 0.2) is 72.9 Å². The number of nitro groups is 1. The number of aliphatic hydroxyl groups is 1. The van der Waals surface area contributed by atoms with Gasteiger partial charge in [-0.05, 0) is 18.2 Å². The van der Waals surface area contributed by atoms with Gasteiger partial charge in [0.2, 0.25) is 0 Å². The number of hydrogen-bond acceptors (Lipinski definition) is 6. The second-order valence-electron chi connectivity index (χ2n) is 5.91. The molecule has 0 saturated heterocycles. The first-order chi connectivity index (χ1) is 13.4. The van der Waals surface area contributed by atoms with Crippen molar-refractivity contribution in [2.75, 3.05) is 7.11 Å². The first kappa shape index (κ1) is 19.0. The fourth-order valence-electron chi connectivity index (χ4n) is 2.77. The molecule has 28 heavy (non-hydrogen) atoms. The van der Waals surface area contributed by atoms with E-state index in [2.05, 4.69) is 16.4 Å². The smallest absolute Gasteiger partial charge is 0.336 e. The average Bonchev–Trinajstić information content (AvgIpc) is 3.18. The summed E-state index contributed by atoms with van der Waals surface area (Å²) in [6.45, 7) is 3.58. The number of aliphatic hydroxyl groups excluding tert-OH is 1. The third-order valence-corrected chi connectivity index (χ3v) is 4.19. The first-order valence-electron chi connectivity index (χ1n) is 8.28. The summed E-state index contributed by atoms with van der Waals surface area (Å²) in [6.07, 6.45) is 0.0694. The van der Waals surface area contributed by atoms with Gasteiger partial charge in [0.25, 0.3) is 5.69 Å². The Morgan fingerprint density at radius 2 is 1.86 bits per heavy atom. The number of carbonyl (C=O) groups excluding carboxylic acids is 1. The lowest BCUT2D eigenvalue weighted by Crippen LogP contribution is -2.12. The van der Waals surface area contributed by atoms with E-state index >= 15 is 0 Å². The van der Waals surface area contributed by atoms with Gasteiger partial charge in [-0.2, -0.15) is 5.10 Å². The number of hydrogen-bond donors (Lipinski definition) is 1. The van der Waals surface area contributed by atoms with Crippen molar-refractivity contribution in [3.05, 3.63) is 88.6 Å². The lowest BCUT2D eigenvalue weighted by molar-refractivity contribution is -0.384. The number of nitrogens with zero attached hydrogens (tertiary/aromatic N) is 3. The summed E-state index contributed by atoms with van der Waals surface area (Å²) >= 11 is 0. The van der Waals surface area contributed by atoms with Gasteiger partial charge in [0, 0.05) is 17.8 Å². The second-order valence-corrected chi connectivity index (χ2v) is 5.91. The highest BCUT2D eigenvalue weighted by Gasteiger charge is 2.28. The summed E-state index contributed by atoms with van der Waals surface area (Å²) in [7, 11) is 1.18. The summed E-state index contributed by atoms with van der Waals surface area (Å²) in [5.41, 5.74) is 0.911. The molecule has 0 bridgehead atoms. The normalized spacial score (nSPS) is 11.6. The molecule has 0 saturated carbocycles. The van der Waals surface area contributed by atoms with Crippen molar-refractivity contribution < 1.29 is 19.6 Å². The van der Waals surface area contributed by atoms with E-state index in [0.717, 1.165) is 0 Å². The molecule has 0 aliphatic carbocycles. The lowest BCUT2D eigenvalue weighted by atomic mass is 9.99. The van der Waals surface area contributed by atoms with Gasteiger partial charge in [0.1, 0.15) is 11.8 Å². The molecular formula is C20H17N3O5. The minimum Gasteiger partial charge on any atom is -0.466 e. The van der Waals surface area contributed by atoms with E-state index in [0.29, 0.717) is 5.69 Å². The molecule has 8 heteroatoms. The third kappa shape index (κ3) is 3.53. The number of nitro benzene ring substituents is 1. The van der Waals surface area contributed by atoms with Crippen molar-refractivity contribution in [3.8, 4) is 16.9 Å². The summed E-state index contributed by atoms with van der Waals surface area (Å²) in [5, 5.41) is 26.6. The Morgan fingerprint density at radius 1 is 1.21 bits per heavy atom. The van der Waals surface area contributed by atoms with E-state index in [1.165, 1.54) is 30.1 Å². The molecule has 1 aromatic heterocycles. The number of methoxy groups -OCH3 is 1. The standard InChI is InChI=1S/C20H17N3O5/c1-13(20(25)28-2)19(24)16-12-22(14-8-4-3-5-9-14)21-18(16)15-10-6-7-11-17(15)23(26)27/h3-12,19,24H,1H2,2H3. The highest BCUT2D eigenvalue weighted by Crippen LogP contribution is 2.36. The van der Waals surface area contributed by atoms with Crippen molar-refractivity contribution >= 4 is 11.7 Å². The van der Waals surface area contributed by atoms with Crippen LogP contribution >= 0.6 is 0 Å². The summed E-state index contributed by atoms with van der Waals surface area (Å²) in [5.74, 6) is -0.784. The van der Waals surface area contributed by atoms with Crippen LogP contribution in [0.2, 0.25) is 0 Å². The molecule has 0 amide bonds. The zero-order valence-electron chi connectivity index (χ0n) is 15.0. The number of ether oxygens (including phenoxy) is 1. The van der Waals surface area contributed by atoms with Crippen LogP contribution in [0, 0.1) is 10.1 Å². The zero-order chi connectivity index (χ0) is 20.3. The molecule has 142 valence electrons. The van der Waals surface area contributed by atoms with Crippen LogP contribution in [0.1, 0.15) is 11.7 Å². The molecule has 1 atom stereocenters. The fraction of sp³-hybridized carbons (Fsp3) is 0.100. The van der Waals surface area contributed by atoms with Gasteiger partial charge < -0.3 is 9.84 Å². The maximum absolute atomic E-state index is 11.8. The van der Waals surface area contributed by atoms with Crippen molar-refractivity contribution in [1.82, 2.24) is 9.78 Å². The monoisotopic (exact) mass is 379 g/mol. The molecular weight excluding hydrogens is 362 g/mol. The Hall–Kier alpha value is -3.78. The van der Waals surface area contributed by atoms with E-state index < -0.39 is 17.0 Å². The molecule has 0 radical (unpaired) electrons. The number of carbonyl (C=O) groups is 1. The molecule has 1 N–H and O–H groups in total. The predicted molar refractivity (Wildman–Crippen MR) is 102 cm³/mol. The van der Waals surface area contributed by atoms with Crippen molar-refractivity contribution in [2.45, 2.75) is 6.10 Å². The molecule has 2 aromatic carbocycles. The minimum absolute atomic E-state index is 0.169. The summed E-state index contributed by atoms with van der Waals surface area (Å²) in [4.78, 5) is 22.7. The van der Waals surface area contributed by atoms with Crippen LogP contribution in [0.4, 0.5) is 5.69 Å². The van der Waals surface area contributed by atoms with Crippen LogP contribution in [-0.4, -0.2) is 32.9 Å². The number of aromatic nitrogens is 2. The third-order valence-electron chi connectivity index (χ3n) is 4.19. The fourth-order valence-corrected chi connectivity index (χ4v) is 2.77. The van der Waals surface area contributed by atoms with Crippen LogP contribution in [0.5, 0.6) is 0 Å². The van der Waals surface area contributed by atoms with E-state index in [1.54, 1.807) is 24.3 Å². The Morgan fingerprint density at radius 3 is 2.50 bits per heavy atom. The van der Waals surface area contributed by atoms with Crippen LogP contribution < -0.4 is 0 Å². The molecule has 0 aliphatic rings. The molecule has 3 rings (SSSR count). The zero-order valence-corrected chi connectivity index (χ0v) is 15.0. The van der Waals surface area contributed by atoms with Gasteiger partial charge >= 0.3 is 5.97 Å². The molecule has 1 heterocycles. The maximum atomic E-state index is 11.8. The van der Waals surface area contributed by atoms with E-state index in [-0.39, 0.29) is 28.1 Å². The topological polar surface area (TPSA) is 107 Å². The summed E-state index contributed by atoms with van der Waals surface area (Å²) in [6, 6.07) is 15.1. The Balaban J connectivity index is 2.21. The van der Waals surface area contributed by atoms with Gasteiger partial charge in [-0.15, -0.1) is 0 Å². The van der Waals surface area contributed by atoms with Gasteiger partial charge in [-0.3, -0.25) is 10.1 Å². The Bertz CT molecular complexity index is 1040. The quantitative estimate of drug-likeness (QED) is 0.305. The Kier molecular flexibility index (Phi) is 5.32. The van der Waals surface area contributed by atoms with Crippen LogP contribution in [-0.2, 0) is 9.53 Å². The first-order valence-corrected chi connectivity index (χ1v) is 8.28. The molecule has 3 aromatic rings. The molecule has 0 fully saturated rings. The maximum Gasteiger partial charge on any atom is 0.336 e. The van der Waals surface area contributed by atoms with Crippen LogP contribution in [0.3, 0.4) is 0 Å². The second kappa shape index (κ2) is 7.85. The molecule has 0 spiro atoms. The van der Waals surface area contributed by atoms with Gasteiger partial charge in [-0.25, -0.2) is 9.48 Å². The van der Waals surface area contributed by atoms with E-state index in [9.17, 15) is 20.0 Å². The van der Waals surface area contributed by atoms with Crippen molar-refractivity contribution in [1.29, 1.82) is 0 Å². The Labute approximate surface area is 160 Å². The number of para-hydroxylation sites is 2. The summed E-state index contributed by atoms with van der Waals surface area (Å²) < 4.78 is 6.10. The number of rotatable bonds is 6. The average molecular weight is 379 g/mol. The molecule has 0 aliphatic heterocycles. The van der Waals surface area contributed by atoms with Crippen LogP contribution in [0.25, 0.3) is 16.9 Å². The van der Waals surface area contributed by atoms with Crippen molar-refractivity contribution in [3.63, 3.8) is 0 Å². The highest BCUT2D eigenvalue weighted by atomic mass is 16.6. The lowest BCUT2D eigenvalue weighted by Gasteiger charge is -2.12. The van der Waals surface area contributed by atoms with Gasteiger partial charge in [0.05, 0.1) is 28.9 Å². The molecule has 1 unspecified atom stereocenters. The highest BCUT2D eigenvalue weighted by molar-refractivity contribution is 5.89. The van der Waals surface area contributed by atoms with E-state index in [4.69, 9.17) is 0 Å².